The summed E-state index contributed by atoms with van der Waals surface area (Å²) < 4.78 is 25.5. The highest BCUT2D eigenvalue weighted by Gasteiger charge is 2.32. The lowest BCUT2D eigenvalue weighted by Gasteiger charge is -2.21. The van der Waals surface area contributed by atoms with Gasteiger partial charge in [-0.15, -0.1) is 11.3 Å². The number of hydrogen-bond donors (Lipinski definition) is 0. The Kier molecular flexibility index (Phi) is 3.74. The summed E-state index contributed by atoms with van der Waals surface area (Å²) in [6.45, 7) is 1.94. The summed E-state index contributed by atoms with van der Waals surface area (Å²) in [4.78, 5) is 4.73. The van der Waals surface area contributed by atoms with Crippen LogP contribution in [-0.4, -0.2) is 25.7 Å². The van der Waals surface area contributed by atoms with Crippen LogP contribution in [-0.2, 0) is 16.4 Å². The van der Waals surface area contributed by atoms with E-state index in [1.54, 1.807) is 22.7 Å². The van der Waals surface area contributed by atoms with Crippen molar-refractivity contribution in [3.8, 4) is 21.8 Å². The van der Waals surface area contributed by atoms with Crippen LogP contribution in [0.5, 0.6) is 0 Å². The molecule has 4 rings (SSSR count). The highest BCUT2D eigenvalue weighted by Crippen LogP contribution is 2.37. The van der Waals surface area contributed by atoms with Gasteiger partial charge in [0.2, 0.25) is 10.0 Å². The van der Waals surface area contributed by atoms with Crippen molar-refractivity contribution >= 4 is 38.4 Å². The number of rotatable bonds is 3. The summed E-state index contributed by atoms with van der Waals surface area (Å²) in [7, 11) is -3.25. The average molecular weight is 377 g/mol. The minimum atomic E-state index is -3.25. The van der Waals surface area contributed by atoms with E-state index in [4.69, 9.17) is 4.98 Å². The van der Waals surface area contributed by atoms with Crippen molar-refractivity contribution in [3.63, 3.8) is 0 Å². The van der Waals surface area contributed by atoms with Crippen LogP contribution in [0.25, 0.3) is 21.8 Å². The predicted octanol–water partition coefficient (Wildman–Crippen LogP) is 4.25. The van der Waals surface area contributed by atoms with E-state index in [2.05, 4.69) is 22.9 Å². The fourth-order valence-corrected chi connectivity index (χ4v) is 6.00. The van der Waals surface area contributed by atoms with Crippen LogP contribution in [0.1, 0.15) is 12.5 Å². The number of anilines is 1. The van der Waals surface area contributed by atoms with Gasteiger partial charge in [0.15, 0.2) is 0 Å². The maximum Gasteiger partial charge on any atom is 0.232 e. The normalized spacial score (nSPS) is 17.2. The molecule has 1 aromatic carbocycles. The number of fused-ring (bicyclic) bond motifs is 1. The second-order valence-electron chi connectivity index (χ2n) is 6.01. The van der Waals surface area contributed by atoms with Crippen LogP contribution >= 0.6 is 22.7 Å². The van der Waals surface area contributed by atoms with Gasteiger partial charge in [-0.2, -0.15) is 11.3 Å². The summed E-state index contributed by atoms with van der Waals surface area (Å²) in [6.07, 6.45) is 2.00. The average Bonchev–Trinajstić information content (AvgIpc) is 3.23. The molecule has 0 bridgehead atoms. The Hall–Kier alpha value is -1.70. The van der Waals surface area contributed by atoms with Crippen molar-refractivity contribution in [2.24, 2.45) is 0 Å². The molecule has 0 N–H and O–H groups in total. The molecule has 0 amide bonds. The predicted molar refractivity (Wildman–Crippen MR) is 101 cm³/mol. The van der Waals surface area contributed by atoms with E-state index in [1.807, 2.05) is 24.4 Å². The second-order valence-corrected chi connectivity index (χ2v) is 9.50. The molecule has 3 aromatic rings. The van der Waals surface area contributed by atoms with Crippen LogP contribution in [0.2, 0.25) is 0 Å². The van der Waals surface area contributed by atoms with Gasteiger partial charge in [-0.3, -0.25) is 4.31 Å². The first-order valence-corrected chi connectivity index (χ1v) is 11.2. The lowest BCUT2D eigenvalue weighted by Crippen LogP contribution is -2.34. The molecular formula is C17H16N2O2S3. The Morgan fingerprint density at radius 1 is 1.21 bits per heavy atom. The molecular weight excluding hydrogens is 360 g/mol. The first kappa shape index (κ1) is 15.8. The number of sulfonamides is 1. The van der Waals surface area contributed by atoms with Gasteiger partial charge < -0.3 is 0 Å². The van der Waals surface area contributed by atoms with Crippen molar-refractivity contribution in [2.45, 2.75) is 19.4 Å². The van der Waals surface area contributed by atoms with Gasteiger partial charge in [0.1, 0.15) is 5.01 Å². The van der Waals surface area contributed by atoms with E-state index in [-0.39, 0.29) is 6.04 Å². The molecule has 1 aliphatic heterocycles. The third-order valence-corrected chi connectivity index (χ3v) is 7.00. The third kappa shape index (κ3) is 2.66. The SMILES string of the molecule is C[C@H]1Cc2cc(-c3csc(-c4ccsc4)n3)ccc2N1S(C)(=O)=O. The Balaban J connectivity index is 1.72. The highest BCUT2D eigenvalue weighted by atomic mass is 32.2. The number of benzene rings is 1. The number of thiazole rings is 1. The van der Waals surface area contributed by atoms with Crippen molar-refractivity contribution in [2.75, 3.05) is 10.6 Å². The lowest BCUT2D eigenvalue weighted by atomic mass is 10.1. The monoisotopic (exact) mass is 376 g/mol. The maximum atomic E-state index is 12.0. The fraction of sp³-hybridized carbons (Fsp3) is 0.235. The van der Waals surface area contributed by atoms with Gasteiger partial charge in [0, 0.05) is 27.9 Å². The zero-order valence-corrected chi connectivity index (χ0v) is 15.7. The lowest BCUT2D eigenvalue weighted by molar-refractivity contribution is 0.590. The zero-order chi connectivity index (χ0) is 16.9. The maximum absolute atomic E-state index is 12.0. The number of hydrogen-bond acceptors (Lipinski definition) is 5. The van der Waals surface area contributed by atoms with Crippen LogP contribution < -0.4 is 4.31 Å². The summed E-state index contributed by atoms with van der Waals surface area (Å²) in [5, 5.41) is 7.21. The minimum Gasteiger partial charge on any atom is -0.267 e. The first-order chi connectivity index (χ1) is 11.4. The standard InChI is InChI=1S/C17H16N2O2S3/c1-11-7-14-8-12(3-4-16(14)19(11)24(2,20)21)15-10-23-17(18-15)13-5-6-22-9-13/h3-6,8-11H,7H2,1-2H3/t11-/m0/s1. The van der Waals surface area contributed by atoms with Gasteiger partial charge in [0.05, 0.1) is 17.6 Å². The van der Waals surface area contributed by atoms with Gasteiger partial charge >= 0.3 is 0 Å². The molecule has 0 saturated carbocycles. The molecule has 24 heavy (non-hydrogen) atoms. The Labute approximate surface area is 149 Å². The molecule has 1 atom stereocenters. The summed E-state index contributed by atoms with van der Waals surface area (Å²) >= 11 is 3.29. The zero-order valence-electron chi connectivity index (χ0n) is 13.3. The molecule has 3 heterocycles. The minimum absolute atomic E-state index is 0.0398. The third-order valence-electron chi connectivity index (χ3n) is 4.16. The smallest absolute Gasteiger partial charge is 0.232 e. The molecule has 0 unspecified atom stereocenters. The molecule has 0 spiro atoms. The van der Waals surface area contributed by atoms with E-state index >= 15 is 0 Å². The van der Waals surface area contributed by atoms with Gasteiger partial charge in [-0.25, -0.2) is 13.4 Å². The van der Waals surface area contributed by atoms with Crippen LogP contribution in [0.4, 0.5) is 5.69 Å². The summed E-state index contributed by atoms with van der Waals surface area (Å²) in [5.41, 5.74) is 4.98. The molecule has 0 fully saturated rings. The summed E-state index contributed by atoms with van der Waals surface area (Å²) in [5.74, 6) is 0. The fourth-order valence-electron chi connectivity index (χ4n) is 3.19. The molecule has 7 heteroatoms. The van der Waals surface area contributed by atoms with Crippen molar-refractivity contribution in [1.29, 1.82) is 0 Å². The highest BCUT2D eigenvalue weighted by molar-refractivity contribution is 7.92. The van der Waals surface area contributed by atoms with E-state index in [9.17, 15) is 8.42 Å². The summed E-state index contributed by atoms with van der Waals surface area (Å²) in [6, 6.07) is 7.97. The van der Waals surface area contributed by atoms with Crippen molar-refractivity contribution in [3.05, 3.63) is 46.0 Å². The Morgan fingerprint density at radius 3 is 2.75 bits per heavy atom. The first-order valence-electron chi connectivity index (χ1n) is 7.54. The molecule has 0 saturated heterocycles. The van der Waals surface area contributed by atoms with Gasteiger partial charge in [0.25, 0.3) is 0 Å². The molecule has 0 radical (unpaired) electrons. The Bertz CT molecular complexity index is 991. The van der Waals surface area contributed by atoms with Crippen LogP contribution in [0.3, 0.4) is 0 Å². The molecule has 124 valence electrons. The molecule has 0 aliphatic carbocycles. The van der Waals surface area contributed by atoms with Gasteiger partial charge in [-0.05, 0) is 42.5 Å². The van der Waals surface area contributed by atoms with Crippen LogP contribution in [0, 0.1) is 0 Å². The van der Waals surface area contributed by atoms with E-state index in [0.29, 0.717) is 0 Å². The molecule has 1 aliphatic rings. The quantitative estimate of drug-likeness (QED) is 0.687. The van der Waals surface area contributed by atoms with Crippen LogP contribution in [0.15, 0.2) is 40.4 Å². The second kappa shape index (κ2) is 5.68. The van der Waals surface area contributed by atoms with Crippen molar-refractivity contribution < 1.29 is 8.42 Å². The largest absolute Gasteiger partial charge is 0.267 e. The van der Waals surface area contributed by atoms with Gasteiger partial charge in [-0.1, -0.05) is 6.07 Å². The number of aromatic nitrogens is 1. The van der Waals surface area contributed by atoms with E-state index in [1.165, 1.54) is 10.6 Å². The van der Waals surface area contributed by atoms with E-state index < -0.39 is 10.0 Å². The molecule has 2 aromatic heterocycles. The number of nitrogens with zero attached hydrogens (tertiary/aromatic N) is 2. The number of thiophene rings is 1. The topological polar surface area (TPSA) is 50.3 Å². The van der Waals surface area contributed by atoms with Crippen molar-refractivity contribution in [1.82, 2.24) is 4.98 Å². The molecule has 4 nitrogen and oxygen atoms in total. The van der Waals surface area contributed by atoms with E-state index in [0.717, 1.165) is 39.5 Å². The Morgan fingerprint density at radius 2 is 2.04 bits per heavy atom.